The van der Waals surface area contributed by atoms with E-state index in [1.165, 1.54) is 4.90 Å². The summed E-state index contributed by atoms with van der Waals surface area (Å²) in [5, 5.41) is 2.99. The quantitative estimate of drug-likeness (QED) is 0.766. The molecule has 3 nitrogen and oxygen atoms in total. The van der Waals surface area contributed by atoms with Crippen molar-refractivity contribution in [1.29, 1.82) is 0 Å². The summed E-state index contributed by atoms with van der Waals surface area (Å²) in [6, 6.07) is 8.06. The van der Waals surface area contributed by atoms with Gasteiger partial charge in [-0.3, -0.25) is 4.79 Å². The van der Waals surface area contributed by atoms with Gasteiger partial charge in [-0.05, 0) is 45.0 Å². The van der Waals surface area contributed by atoms with Gasteiger partial charge in [0.1, 0.15) is 0 Å². The van der Waals surface area contributed by atoms with Crippen LogP contribution in [-0.2, 0) is 4.79 Å². The number of benzene rings is 1. The van der Waals surface area contributed by atoms with E-state index in [4.69, 9.17) is 5.73 Å². The van der Waals surface area contributed by atoms with Crippen LogP contribution < -0.4 is 11.1 Å². The molecule has 112 valence electrons. The Balaban J connectivity index is 2.53. The second-order valence-electron chi connectivity index (χ2n) is 5.68. The van der Waals surface area contributed by atoms with Gasteiger partial charge in [-0.25, -0.2) is 0 Å². The maximum atomic E-state index is 11.9. The highest BCUT2D eigenvalue weighted by molar-refractivity contribution is 9.10. The van der Waals surface area contributed by atoms with Gasteiger partial charge in [-0.2, -0.15) is 0 Å². The first-order valence-corrected chi connectivity index (χ1v) is 8.30. The van der Waals surface area contributed by atoms with E-state index >= 15 is 0 Å². The lowest BCUT2D eigenvalue weighted by atomic mass is 10.0. The number of carbonyl (C=O) groups is 1. The maximum absolute atomic E-state index is 11.9. The van der Waals surface area contributed by atoms with Gasteiger partial charge in [-0.15, -0.1) is 11.8 Å². The van der Waals surface area contributed by atoms with Crippen LogP contribution in [0.4, 0.5) is 0 Å². The highest BCUT2D eigenvalue weighted by Gasteiger charge is 2.23. The Morgan fingerprint density at radius 2 is 1.90 bits per heavy atom. The zero-order valence-corrected chi connectivity index (χ0v) is 14.8. The van der Waals surface area contributed by atoms with Crippen molar-refractivity contribution in [2.24, 2.45) is 11.7 Å². The number of rotatable bonds is 6. The van der Waals surface area contributed by atoms with Crippen LogP contribution in [-0.4, -0.2) is 23.2 Å². The van der Waals surface area contributed by atoms with Gasteiger partial charge in [0.15, 0.2) is 0 Å². The van der Waals surface area contributed by atoms with Crippen LogP contribution in [0.2, 0.25) is 0 Å². The summed E-state index contributed by atoms with van der Waals surface area (Å²) in [6.07, 6.45) is 0. The molecule has 0 saturated carbocycles. The fourth-order valence-corrected chi connectivity index (χ4v) is 2.88. The monoisotopic (exact) mass is 358 g/mol. The number of nitrogens with one attached hydrogen (secondary N) is 1. The minimum atomic E-state index is -0.163. The summed E-state index contributed by atoms with van der Waals surface area (Å²) in [6.45, 7) is 8.57. The van der Waals surface area contributed by atoms with E-state index < -0.39 is 0 Å². The van der Waals surface area contributed by atoms with Gasteiger partial charge < -0.3 is 11.1 Å². The van der Waals surface area contributed by atoms with Gasteiger partial charge in [-0.1, -0.05) is 22.9 Å². The van der Waals surface area contributed by atoms with Crippen LogP contribution >= 0.6 is 27.7 Å². The lowest BCUT2D eigenvalue weighted by Crippen LogP contribution is -2.43. The molecule has 5 heteroatoms. The summed E-state index contributed by atoms with van der Waals surface area (Å²) in [5.41, 5.74) is 5.74. The van der Waals surface area contributed by atoms with Gasteiger partial charge >= 0.3 is 0 Å². The Morgan fingerprint density at radius 3 is 2.40 bits per heavy atom. The SMILES string of the molecule is CC(N)C(C)C(=O)NCC(C)(C)Sc1ccc(Br)cc1. The first kappa shape index (κ1) is 17.5. The topological polar surface area (TPSA) is 55.1 Å². The summed E-state index contributed by atoms with van der Waals surface area (Å²) >= 11 is 5.18. The molecule has 1 aromatic rings. The Bertz CT molecular complexity index is 446. The molecule has 0 spiro atoms. The van der Waals surface area contributed by atoms with Crippen molar-refractivity contribution in [3.05, 3.63) is 28.7 Å². The lowest BCUT2D eigenvalue weighted by Gasteiger charge is -2.26. The summed E-state index contributed by atoms with van der Waals surface area (Å²) < 4.78 is 1.000. The predicted molar refractivity (Wildman–Crippen MR) is 89.9 cm³/mol. The Hall–Kier alpha value is -0.520. The molecule has 0 aliphatic heterocycles. The number of nitrogens with two attached hydrogens (primary N) is 1. The molecule has 1 rings (SSSR count). The van der Waals surface area contributed by atoms with Crippen LogP contribution in [0.15, 0.2) is 33.6 Å². The van der Waals surface area contributed by atoms with Crippen molar-refractivity contribution in [2.45, 2.75) is 43.4 Å². The minimum Gasteiger partial charge on any atom is -0.354 e. The van der Waals surface area contributed by atoms with Crippen LogP contribution in [0.25, 0.3) is 0 Å². The normalized spacial score (nSPS) is 14.7. The van der Waals surface area contributed by atoms with Crippen LogP contribution in [0.5, 0.6) is 0 Å². The van der Waals surface area contributed by atoms with E-state index in [1.54, 1.807) is 11.8 Å². The van der Waals surface area contributed by atoms with E-state index in [-0.39, 0.29) is 22.6 Å². The zero-order valence-electron chi connectivity index (χ0n) is 12.4. The van der Waals surface area contributed by atoms with Crippen molar-refractivity contribution in [3.8, 4) is 0 Å². The van der Waals surface area contributed by atoms with Gasteiger partial charge in [0.2, 0.25) is 5.91 Å². The minimum absolute atomic E-state index is 0.0180. The van der Waals surface area contributed by atoms with Gasteiger partial charge in [0.05, 0.1) is 0 Å². The molecule has 0 aliphatic rings. The molecule has 0 fully saturated rings. The van der Waals surface area contributed by atoms with E-state index in [9.17, 15) is 4.79 Å². The summed E-state index contributed by atoms with van der Waals surface area (Å²) in [5.74, 6) is -0.145. The molecule has 0 bridgehead atoms. The molecule has 0 aromatic heterocycles. The first-order valence-electron chi connectivity index (χ1n) is 6.69. The molecule has 1 amide bonds. The van der Waals surface area contributed by atoms with Crippen molar-refractivity contribution < 1.29 is 4.79 Å². The number of hydrogen-bond donors (Lipinski definition) is 2. The number of hydrogen-bond acceptors (Lipinski definition) is 3. The van der Waals surface area contributed by atoms with Crippen LogP contribution in [0.1, 0.15) is 27.7 Å². The third kappa shape index (κ3) is 5.85. The molecule has 20 heavy (non-hydrogen) atoms. The molecule has 2 unspecified atom stereocenters. The molecule has 0 saturated heterocycles. The van der Waals surface area contributed by atoms with Crippen molar-refractivity contribution in [3.63, 3.8) is 0 Å². The molecule has 0 aliphatic carbocycles. The molecule has 1 aromatic carbocycles. The average Bonchev–Trinajstić information content (AvgIpc) is 2.37. The summed E-state index contributed by atoms with van der Waals surface area (Å²) in [4.78, 5) is 13.1. The third-order valence-corrected chi connectivity index (χ3v) is 4.83. The molecular weight excluding hydrogens is 336 g/mol. The number of thioether (sulfide) groups is 1. The predicted octanol–water partition coefficient (Wildman–Crippen LogP) is 3.42. The van der Waals surface area contributed by atoms with E-state index in [1.807, 2.05) is 26.0 Å². The Morgan fingerprint density at radius 1 is 1.35 bits per heavy atom. The Labute approximate surface area is 134 Å². The van der Waals surface area contributed by atoms with Crippen molar-refractivity contribution >= 4 is 33.6 Å². The van der Waals surface area contributed by atoms with Gasteiger partial charge in [0, 0.05) is 32.6 Å². The van der Waals surface area contributed by atoms with E-state index in [2.05, 4.69) is 47.2 Å². The fraction of sp³-hybridized carbons (Fsp3) is 0.533. The molecule has 2 atom stereocenters. The van der Waals surface area contributed by atoms with Crippen LogP contribution in [0.3, 0.4) is 0 Å². The van der Waals surface area contributed by atoms with E-state index in [0.29, 0.717) is 6.54 Å². The molecule has 0 radical (unpaired) electrons. The summed E-state index contributed by atoms with van der Waals surface area (Å²) in [7, 11) is 0. The maximum Gasteiger partial charge on any atom is 0.224 e. The number of carbonyl (C=O) groups excluding carboxylic acids is 1. The number of halogens is 1. The lowest BCUT2D eigenvalue weighted by molar-refractivity contribution is -0.125. The highest BCUT2D eigenvalue weighted by atomic mass is 79.9. The first-order chi connectivity index (χ1) is 9.21. The molecule has 3 N–H and O–H groups in total. The van der Waals surface area contributed by atoms with Crippen molar-refractivity contribution in [2.75, 3.05) is 6.54 Å². The third-order valence-electron chi connectivity index (χ3n) is 3.10. The number of amides is 1. The standard InChI is InChI=1S/C15H23BrN2OS/c1-10(11(2)17)14(19)18-9-15(3,4)20-13-7-5-12(16)6-8-13/h5-8,10-11H,9,17H2,1-4H3,(H,18,19). The highest BCUT2D eigenvalue weighted by Crippen LogP contribution is 2.32. The van der Waals surface area contributed by atoms with Crippen molar-refractivity contribution in [1.82, 2.24) is 5.32 Å². The molecule has 0 heterocycles. The smallest absolute Gasteiger partial charge is 0.224 e. The largest absolute Gasteiger partial charge is 0.354 e. The van der Waals surface area contributed by atoms with E-state index in [0.717, 1.165) is 4.47 Å². The second kappa shape index (κ2) is 7.48. The Kier molecular flexibility index (Phi) is 6.55. The second-order valence-corrected chi connectivity index (χ2v) is 8.38. The fourth-order valence-electron chi connectivity index (χ4n) is 1.56. The van der Waals surface area contributed by atoms with Gasteiger partial charge in [0.25, 0.3) is 0 Å². The average molecular weight is 359 g/mol. The van der Waals surface area contributed by atoms with Crippen LogP contribution in [0, 0.1) is 5.92 Å². The molecular formula is C15H23BrN2OS. The zero-order chi connectivity index (χ0) is 15.3.